The Bertz CT molecular complexity index is 1040. The van der Waals surface area contributed by atoms with Gasteiger partial charge in [0.2, 0.25) is 0 Å². The molecule has 4 fully saturated rings. The summed E-state index contributed by atoms with van der Waals surface area (Å²) in [6, 6.07) is 12.8. The van der Waals surface area contributed by atoms with Crippen molar-refractivity contribution in [3.8, 4) is 11.5 Å². The van der Waals surface area contributed by atoms with E-state index < -0.39 is 10.0 Å². The van der Waals surface area contributed by atoms with E-state index in [1.807, 2.05) is 12.1 Å². The van der Waals surface area contributed by atoms with Gasteiger partial charge in [0.1, 0.15) is 13.2 Å². The Kier molecular flexibility index (Phi) is 4.27. The van der Waals surface area contributed by atoms with Crippen LogP contribution >= 0.6 is 0 Å². The molecule has 0 aromatic heterocycles. The molecule has 0 saturated heterocycles. The van der Waals surface area contributed by atoms with Crippen LogP contribution in [0.2, 0.25) is 0 Å². The second-order valence-electron chi connectivity index (χ2n) is 9.49. The van der Waals surface area contributed by atoms with E-state index >= 15 is 0 Å². The number of hydrogen-bond acceptors (Lipinski definition) is 4. The number of rotatable bonds is 4. The minimum absolute atomic E-state index is 0.178. The van der Waals surface area contributed by atoms with Crippen molar-refractivity contribution in [2.45, 2.75) is 42.9 Å². The van der Waals surface area contributed by atoms with Crippen LogP contribution in [0.15, 0.2) is 47.4 Å². The number of anilines is 1. The van der Waals surface area contributed by atoms with Gasteiger partial charge in [-0.1, -0.05) is 12.1 Å². The van der Waals surface area contributed by atoms with Gasteiger partial charge in [-0.05, 0) is 91.5 Å². The first-order valence-electron chi connectivity index (χ1n) is 11.1. The Labute approximate surface area is 177 Å². The largest absolute Gasteiger partial charge is 0.486 e. The summed E-state index contributed by atoms with van der Waals surface area (Å²) in [7, 11) is -3.69. The van der Waals surface area contributed by atoms with Gasteiger partial charge in [0.25, 0.3) is 10.0 Å². The Morgan fingerprint density at radius 3 is 2.07 bits per heavy atom. The molecule has 0 atom stereocenters. The van der Waals surface area contributed by atoms with Crippen molar-refractivity contribution in [1.29, 1.82) is 0 Å². The Balaban J connectivity index is 1.21. The number of nitrogens with one attached hydrogen (secondary N) is 1. The van der Waals surface area contributed by atoms with E-state index in [0.29, 0.717) is 36.3 Å². The van der Waals surface area contributed by atoms with Gasteiger partial charge in [-0.15, -0.1) is 0 Å². The van der Waals surface area contributed by atoms with Gasteiger partial charge >= 0.3 is 0 Å². The van der Waals surface area contributed by atoms with E-state index in [2.05, 4.69) is 16.9 Å². The van der Waals surface area contributed by atoms with Crippen molar-refractivity contribution in [2.24, 2.45) is 23.7 Å². The van der Waals surface area contributed by atoms with E-state index in [1.165, 1.54) is 43.7 Å². The SMILES string of the molecule is O=S(=O)(Nc1ccc(C2C3CC4CC(C3)CC2C4)cc1)c1ccc2c(c1)OCCO2. The Hall–Kier alpha value is -2.21. The molecule has 6 heteroatoms. The molecule has 7 rings (SSSR count). The van der Waals surface area contributed by atoms with E-state index in [0.717, 1.165) is 23.7 Å². The maximum Gasteiger partial charge on any atom is 0.262 e. The monoisotopic (exact) mass is 425 g/mol. The van der Waals surface area contributed by atoms with Crippen LogP contribution in [-0.2, 0) is 10.0 Å². The third-order valence-electron chi connectivity index (χ3n) is 7.60. The van der Waals surface area contributed by atoms with E-state index in [1.54, 1.807) is 12.1 Å². The van der Waals surface area contributed by atoms with Gasteiger partial charge in [-0.3, -0.25) is 4.72 Å². The normalized spacial score (nSPS) is 31.5. The Morgan fingerprint density at radius 1 is 0.767 bits per heavy atom. The highest BCUT2D eigenvalue weighted by molar-refractivity contribution is 7.92. The van der Waals surface area contributed by atoms with Crippen molar-refractivity contribution in [3.05, 3.63) is 48.0 Å². The molecule has 0 amide bonds. The molecule has 0 radical (unpaired) electrons. The maximum absolute atomic E-state index is 12.9. The summed E-state index contributed by atoms with van der Waals surface area (Å²) >= 11 is 0. The van der Waals surface area contributed by atoms with E-state index in [-0.39, 0.29) is 4.90 Å². The number of ether oxygens (including phenoxy) is 2. The summed E-state index contributed by atoms with van der Waals surface area (Å²) in [5.74, 6) is 5.27. The lowest BCUT2D eigenvalue weighted by atomic mass is 9.51. The molecule has 158 valence electrons. The lowest BCUT2D eigenvalue weighted by molar-refractivity contribution is -0.00277. The molecule has 0 unspecified atom stereocenters. The predicted molar refractivity (Wildman–Crippen MR) is 114 cm³/mol. The number of hydrogen-bond donors (Lipinski definition) is 1. The van der Waals surface area contributed by atoms with Crippen LogP contribution in [0, 0.1) is 23.7 Å². The zero-order valence-electron chi connectivity index (χ0n) is 16.9. The number of fused-ring (bicyclic) bond motifs is 1. The second kappa shape index (κ2) is 6.91. The molecule has 0 spiro atoms. The minimum atomic E-state index is -3.69. The average molecular weight is 426 g/mol. The molecule has 1 heterocycles. The van der Waals surface area contributed by atoms with Crippen LogP contribution in [0.25, 0.3) is 0 Å². The van der Waals surface area contributed by atoms with E-state index in [4.69, 9.17) is 9.47 Å². The molecule has 5 aliphatic rings. The Morgan fingerprint density at radius 2 is 1.40 bits per heavy atom. The zero-order valence-corrected chi connectivity index (χ0v) is 17.7. The fourth-order valence-electron chi connectivity index (χ4n) is 6.65. The van der Waals surface area contributed by atoms with E-state index in [9.17, 15) is 8.42 Å². The first kappa shape index (κ1) is 18.6. The van der Waals surface area contributed by atoms with Crippen LogP contribution in [0.5, 0.6) is 11.5 Å². The van der Waals surface area contributed by atoms with Crippen LogP contribution in [0.3, 0.4) is 0 Å². The van der Waals surface area contributed by atoms with Crippen LogP contribution in [0.1, 0.15) is 43.6 Å². The number of benzene rings is 2. The van der Waals surface area contributed by atoms with Crippen molar-refractivity contribution in [3.63, 3.8) is 0 Å². The summed E-state index contributed by atoms with van der Waals surface area (Å²) < 4.78 is 39.4. The molecule has 4 bridgehead atoms. The van der Waals surface area contributed by atoms with Crippen molar-refractivity contribution < 1.29 is 17.9 Å². The molecule has 4 saturated carbocycles. The summed E-state index contributed by atoms with van der Waals surface area (Å²) in [6.07, 6.45) is 7.00. The smallest absolute Gasteiger partial charge is 0.262 e. The highest BCUT2D eigenvalue weighted by Gasteiger charge is 2.48. The van der Waals surface area contributed by atoms with Gasteiger partial charge in [-0.2, -0.15) is 0 Å². The van der Waals surface area contributed by atoms with Gasteiger partial charge in [0.05, 0.1) is 4.90 Å². The highest BCUT2D eigenvalue weighted by atomic mass is 32.2. The first-order chi connectivity index (χ1) is 14.5. The van der Waals surface area contributed by atoms with Gasteiger partial charge in [-0.25, -0.2) is 8.42 Å². The molecule has 2 aromatic carbocycles. The van der Waals surface area contributed by atoms with Crippen molar-refractivity contribution in [1.82, 2.24) is 0 Å². The summed E-state index contributed by atoms with van der Waals surface area (Å²) in [5.41, 5.74) is 1.98. The first-order valence-corrected chi connectivity index (χ1v) is 12.6. The fraction of sp³-hybridized carbons (Fsp3) is 0.500. The highest BCUT2D eigenvalue weighted by Crippen LogP contribution is 2.59. The standard InChI is InChI=1S/C24H27NO4S/c26-30(27,21-5-6-22-23(14-21)29-8-7-28-22)25-20-3-1-17(2-4-20)24-18-10-15-9-16(12-18)13-19(24)11-15/h1-6,14-16,18-19,24-25H,7-13H2. The lowest BCUT2D eigenvalue weighted by Gasteiger charge is -2.54. The lowest BCUT2D eigenvalue weighted by Crippen LogP contribution is -2.43. The predicted octanol–water partition coefficient (Wildman–Crippen LogP) is 4.80. The quantitative estimate of drug-likeness (QED) is 0.764. The van der Waals surface area contributed by atoms with Crippen LogP contribution in [-0.4, -0.2) is 21.6 Å². The van der Waals surface area contributed by atoms with Crippen molar-refractivity contribution >= 4 is 15.7 Å². The zero-order chi connectivity index (χ0) is 20.3. The van der Waals surface area contributed by atoms with Crippen molar-refractivity contribution in [2.75, 3.05) is 17.9 Å². The second-order valence-corrected chi connectivity index (χ2v) is 11.2. The summed E-state index contributed by atoms with van der Waals surface area (Å²) in [6.45, 7) is 0.907. The van der Waals surface area contributed by atoms with Gasteiger partial charge in [0.15, 0.2) is 11.5 Å². The third kappa shape index (κ3) is 3.16. The summed E-state index contributed by atoms with van der Waals surface area (Å²) in [5, 5.41) is 0. The molecule has 1 aliphatic heterocycles. The average Bonchev–Trinajstić information content (AvgIpc) is 2.73. The molecule has 1 N–H and O–H groups in total. The third-order valence-corrected chi connectivity index (χ3v) is 8.98. The van der Waals surface area contributed by atoms with Gasteiger partial charge < -0.3 is 9.47 Å². The minimum Gasteiger partial charge on any atom is -0.486 e. The number of sulfonamides is 1. The van der Waals surface area contributed by atoms with Gasteiger partial charge in [0, 0.05) is 11.8 Å². The topological polar surface area (TPSA) is 64.6 Å². The molecule has 4 aliphatic carbocycles. The molecule has 30 heavy (non-hydrogen) atoms. The molecule has 5 nitrogen and oxygen atoms in total. The maximum atomic E-state index is 12.9. The molecular weight excluding hydrogens is 398 g/mol. The molecule has 2 aromatic rings. The molecular formula is C24H27NO4S. The van der Waals surface area contributed by atoms with Crippen LogP contribution in [0.4, 0.5) is 5.69 Å². The summed E-state index contributed by atoms with van der Waals surface area (Å²) in [4.78, 5) is 0.178. The fourth-order valence-corrected chi connectivity index (χ4v) is 7.72. The van der Waals surface area contributed by atoms with Crippen LogP contribution < -0.4 is 14.2 Å².